The molecule has 1 aromatic carbocycles. The molecule has 0 nitrogen and oxygen atoms in total. The van der Waals surface area contributed by atoms with Crippen molar-refractivity contribution in [2.45, 2.75) is 76.9 Å². The van der Waals surface area contributed by atoms with Gasteiger partial charge in [-0.05, 0) is 24.0 Å². The molecule has 108 valence electrons. The lowest BCUT2D eigenvalue weighted by molar-refractivity contribution is 0.565. The molecule has 1 rings (SSSR count). The van der Waals surface area contributed by atoms with E-state index in [1.165, 1.54) is 75.3 Å². The molecular weight excluding hydrogens is 248 g/mol. The van der Waals surface area contributed by atoms with Crippen LogP contribution in [0.4, 0.5) is 0 Å². The van der Waals surface area contributed by atoms with Crippen LogP contribution in [0, 0.1) is 0 Å². The number of hydrogen-bond acceptors (Lipinski definition) is 1. The summed E-state index contributed by atoms with van der Waals surface area (Å²) in [6.45, 7) is 2.28. The molecule has 0 unspecified atom stereocenters. The van der Waals surface area contributed by atoms with Crippen molar-refractivity contribution in [3.63, 3.8) is 0 Å². The van der Waals surface area contributed by atoms with Crippen LogP contribution in [0.25, 0.3) is 0 Å². The summed E-state index contributed by atoms with van der Waals surface area (Å²) in [5.41, 5.74) is 2.80. The van der Waals surface area contributed by atoms with Crippen molar-refractivity contribution in [3.8, 4) is 0 Å². The standard InChI is InChI=1S/C18H30S/c1-2-3-4-5-6-7-8-9-10-11-17-12-14-18(16-19)15-13-17/h12-15,19H,2-11,16H2,1H3. The third kappa shape index (κ3) is 8.36. The molecule has 0 aromatic heterocycles. The first-order valence-corrected chi connectivity index (χ1v) is 8.68. The maximum Gasteiger partial charge on any atom is 0.0154 e. The second-order valence-electron chi connectivity index (χ2n) is 5.55. The Bertz CT molecular complexity index is 302. The van der Waals surface area contributed by atoms with E-state index in [0.29, 0.717) is 0 Å². The average molecular weight is 279 g/mol. The second-order valence-corrected chi connectivity index (χ2v) is 5.87. The zero-order valence-electron chi connectivity index (χ0n) is 12.5. The molecule has 0 heterocycles. The van der Waals surface area contributed by atoms with E-state index in [-0.39, 0.29) is 0 Å². The van der Waals surface area contributed by atoms with Crippen molar-refractivity contribution in [3.05, 3.63) is 35.4 Å². The van der Waals surface area contributed by atoms with Gasteiger partial charge in [0.25, 0.3) is 0 Å². The highest BCUT2D eigenvalue weighted by atomic mass is 32.1. The molecule has 0 radical (unpaired) electrons. The van der Waals surface area contributed by atoms with Gasteiger partial charge in [-0.15, -0.1) is 0 Å². The molecule has 1 aromatic rings. The Kier molecular flexibility index (Phi) is 9.98. The van der Waals surface area contributed by atoms with Crippen molar-refractivity contribution in [2.75, 3.05) is 0 Å². The Morgan fingerprint density at radius 2 is 1.16 bits per heavy atom. The number of rotatable bonds is 11. The van der Waals surface area contributed by atoms with Crippen LogP contribution in [0.15, 0.2) is 24.3 Å². The van der Waals surface area contributed by atoms with E-state index in [9.17, 15) is 0 Å². The summed E-state index contributed by atoms with van der Waals surface area (Å²) in [4.78, 5) is 0. The van der Waals surface area contributed by atoms with Gasteiger partial charge in [-0.3, -0.25) is 0 Å². The molecule has 0 bridgehead atoms. The first kappa shape index (κ1) is 16.6. The van der Waals surface area contributed by atoms with E-state index >= 15 is 0 Å². The van der Waals surface area contributed by atoms with Crippen LogP contribution >= 0.6 is 12.6 Å². The van der Waals surface area contributed by atoms with Crippen LogP contribution in [0.2, 0.25) is 0 Å². The summed E-state index contributed by atoms with van der Waals surface area (Å²) in [5, 5.41) is 0. The van der Waals surface area contributed by atoms with Gasteiger partial charge in [-0.25, -0.2) is 0 Å². The Hall–Kier alpha value is -0.430. The van der Waals surface area contributed by atoms with E-state index in [1.54, 1.807) is 0 Å². The number of hydrogen-bond donors (Lipinski definition) is 1. The predicted octanol–water partition coefficient (Wildman–Crippen LogP) is 6.19. The molecule has 0 spiro atoms. The first-order chi connectivity index (χ1) is 9.36. The van der Waals surface area contributed by atoms with Gasteiger partial charge in [0.05, 0.1) is 0 Å². The van der Waals surface area contributed by atoms with Gasteiger partial charge in [0.1, 0.15) is 0 Å². The zero-order chi connectivity index (χ0) is 13.8. The van der Waals surface area contributed by atoms with E-state index < -0.39 is 0 Å². The minimum absolute atomic E-state index is 0.846. The van der Waals surface area contributed by atoms with Gasteiger partial charge in [-0.2, -0.15) is 12.6 Å². The molecule has 0 aliphatic carbocycles. The van der Waals surface area contributed by atoms with Crippen LogP contribution in [0.1, 0.15) is 75.8 Å². The molecule has 0 aliphatic rings. The highest BCUT2D eigenvalue weighted by molar-refractivity contribution is 7.79. The van der Waals surface area contributed by atoms with Crippen LogP contribution in [0.3, 0.4) is 0 Å². The second kappa shape index (κ2) is 11.4. The zero-order valence-corrected chi connectivity index (χ0v) is 13.4. The van der Waals surface area contributed by atoms with Crippen molar-refractivity contribution >= 4 is 12.6 Å². The molecule has 0 fully saturated rings. The first-order valence-electron chi connectivity index (χ1n) is 8.05. The fraction of sp³-hybridized carbons (Fsp3) is 0.667. The molecule has 0 atom stereocenters. The van der Waals surface area contributed by atoms with Gasteiger partial charge in [0.15, 0.2) is 0 Å². The number of benzene rings is 1. The maximum atomic E-state index is 4.28. The van der Waals surface area contributed by atoms with Crippen molar-refractivity contribution < 1.29 is 0 Å². The fourth-order valence-electron chi connectivity index (χ4n) is 2.45. The van der Waals surface area contributed by atoms with Crippen LogP contribution < -0.4 is 0 Å². The minimum atomic E-state index is 0.846. The largest absolute Gasteiger partial charge is 0.175 e. The topological polar surface area (TPSA) is 0 Å². The van der Waals surface area contributed by atoms with Gasteiger partial charge < -0.3 is 0 Å². The van der Waals surface area contributed by atoms with Crippen LogP contribution in [-0.2, 0) is 12.2 Å². The Morgan fingerprint density at radius 1 is 0.684 bits per heavy atom. The summed E-state index contributed by atoms with van der Waals surface area (Å²) in [5.74, 6) is 0.846. The van der Waals surface area contributed by atoms with Crippen LogP contribution in [0.5, 0.6) is 0 Å². The molecule has 0 N–H and O–H groups in total. The Labute approximate surface area is 125 Å². The molecule has 0 aliphatic heterocycles. The smallest absolute Gasteiger partial charge is 0.0154 e. The number of unbranched alkanes of at least 4 members (excludes halogenated alkanes) is 8. The summed E-state index contributed by atoms with van der Waals surface area (Å²) >= 11 is 4.28. The monoisotopic (exact) mass is 278 g/mol. The fourth-order valence-corrected chi connectivity index (χ4v) is 2.66. The lowest BCUT2D eigenvalue weighted by Gasteiger charge is -2.04. The highest BCUT2D eigenvalue weighted by Crippen LogP contribution is 2.13. The summed E-state index contributed by atoms with van der Waals surface area (Å²) < 4.78 is 0. The summed E-state index contributed by atoms with van der Waals surface area (Å²) in [6, 6.07) is 8.93. The minimum Gasteiger partial charge on any atom is -0.175 e. The normalized spacial score (nSPS) is 10.8. The van der Waals surface area contributed by atoms with E-state index in [2.05, 4.69) is 43.8 Å². The lowest BCUT2D eigenvalue weighted by atomic mass is 10.0. The van der Waals surface area contributed by atoms with Gasteiger partial charge in [0, 0.05) is 5.75 Å². The molecule has 19 heavy (non-hydrogen) atoms. The quantitative estimate of drug-likeness (QED) is 0.362. The molecular formula is C18H30S. The van der Waals surface area contributed by atoms with Crippen LogP contribution in [-0.4, -0.2) is 0 Å². The summed E-state index contributed by atoms with van der Waals surface area (Å²) in [6.07, 6.45) is 13.9. The average Bonchev–Trinajstić information content (AvgIpc) is 2.46. The van der Waals surface area contributed by atoms with Crippen molar-refractivity contribution in [2.24, 2.45) is 0 Å². The van der Waals surface area contributed by atoms with Gasteiger partial charge in [-0.1, -0.05) is 82.6 Å². The van der Waals surface area contributed by atoms with Gasteiger partial charge in [0.2, 0.25) is 0 Å². The van der Waals surface area contributed by atoms with E-state index in [4.69, 9.17) is 0 Å². The van der Waals surface area contributed by atoms with Crippen molar-refractivity contribution in [1.29, 1.82) is 0 Å². The lowest BCUT2D eigenvalue weighted by Crippen LogP contribution is -1.87. The maximum absolute atomic E-state index is 4.28. The number of aryl methyl sites for hydroxylation is 1. The van der Waals surface area contributed by atoms with Crippen molar-refractivity contribution in [1.82, 2.24) is 0 Å². The molecule has 0 saturated carbocycles. The Morgan fingerprint density at radius 3 is 1.68 bits per heavy atom. The molecule has 1 heteroatoms. The SMILES string of the molecule is CCCCCCCCCCCc1ccc(CS)cc1. The number of thiol groups is 1. The Balaban J connectivity index is 1.95. The highest BCUT2D eigenvalue weighted by Gasteiger charge is 1.95. The van der Waals surface area contributed by atoms with E-state index in [0.717, 1.165) is 5.75 Å². The summed E-state index contributed by atoms with van der Waals surface area (Å²) in [7, 11) is 0. The predicted molar refractivity (Wildman–Crippen MR) is 90.1 cm³/mol. The van der Waals surface area contributed by atoms with E-state index in [1.807, 2.05) is 0 Å². The molecule has 0 amide bonds. The molecule has 0 saturated heterocycles. The third-order valence-electron chi connectivity index (χ3n) is 3.77. The third-order valence-corrected chi connectivity index (χ3v) is 4.14. The van der Waals surface area contributed by atoms with Gasteiger partial charge >= 0.3 is 0 Å².